The van der Waals surface area contributed by atoms with Crippen LogP contribution in [-0.2, 0) is 0 Å². The Morgan fingerprint density at radius 1 is 1.00 bits per heavy atom. The SMILES string of the molecule is Cc1cc(-c2noc(-c3cc(C)nc(Cl)c3)n2)ccn1. The van der Waals surface area contributed by atoms with Crippen molar-refractivity contribution in [1.82, 2.24) is 20.1 Å². The molecule has 0 bridgehead atoms. The second-order valence-corrected chi connectivity index (χ2v) is 4.82. The van der Waals surface area contributed by atoms with Gasteiger partial charge in [0.1, 0.15) is 5.15 Å². The van der Waals surface area contributed by atoms with E-state index in [9.17, 15) is 0 Å². The van der Waals surface area contributed by atoms with Crippen molar-refractivity contribution >= 4 is 11.6 Å². The first-order valence-electron chi connectivity index (χ1n) is 6.03. The number of rotatable bonds is 2. The van der Waals surface area contributed by atoms with Gasteiger partial charge >= 0.3 is 0 Å². The van der Waals surface area contributed by atoms with Gasteiger partial charge in [-0.05, 0) is 38.1 Å². The van der Waals surface area contributed by atoms with Gasteiger partial charge in [0.25, 0.3) is 5.89 Å². The van der Waals surface area contributed by atoms with Crippen LogP contribution < -0.4 is 0 Å². The summed E-state index contributed by atoms with van der Waals surface area (Å²) >= 11 is 5.94. The van der Waals surface area contributed by atoms with Gasteiger partial charge in [-0.15, -0.1) is 0 Å². The highest BCUT2D eigenvalue weighted by Crippen LogP contribution is 2.24. The fraction of sp³-hybridized carbons (Fsp3) is 0.143. The Hall–Kier alpha value is -2.27. The molecule has 0 aliphatic rings. The summed E-state index contributed by atoms with van der Waals surface area (Å²) < 4.78 is 5.29. The maximum Gasteiger partial charge on any atom is 0.258 e. The maximum atomic E-state index is 5.94. The summed E-state index contributed by atoms with van der Waals surface area (Å²) in [4.78, 5) is 12.6. The Morgan fingerprint density at radius 3 is 2.55 bits per heavy atom. The standard InChI is InChI=1S/C14H11ClN4O/c1-8-5-10(3-4-16-8)13-18-14(20-19-13)11-6-9(2)17-12(15)7-11/h3-7H,1-2H3. The van der Waals surface area contributed by atoms with Crippen LogP contribution in [0.4, 0.5) is 0 Å². The first kappa shape index (κ1) is 12.7. The van der Waals surface area contributed by atoms with Gasteiger partial charge in [0.05, 0.1) is 0 Å². The lowest BCUT2D eigenvalue weighted by Gasteiger charge is -1.97. The van der Waals surface area contributed by atoms with Crippen molar-refractivity contribution in [2.45, 2.75) is 13.8 Å². The summed E-state index contributed by atoms with van der Waals surface area (Å²) in [6, 6.07) is 7.29. The molecule has 0 atom stereocenters. The first-order chi connectivity index (χ1) is 9.61. The molecule has 0 fully saturated rings. The third-order valence-electron chi connectivity index (χ3n) is 2.75. The van der Waals surface area contributed by atoms with Crippen LogP contribution in [0, 0.1) is 13.8 Å². The molecule has 0 unspecified atom stereocenters. The van der Waals surface area contributed by atoms with Crippen LogP contribution in [0.1, 0.15) is 11.4 Å². The zero-order valence-electron chi connectivity index (χ0n) is 11.0. The second-order valence-electron chi connectivity index (χ2n) is 4.43. The van der Waals surface area contributed by atoms with E-state index in [1.807, 2.05) is 32.0 Å². The third-order valence-corrected chi connectivity index (χ3v) is 2.94. The number of nitrogens with zero attached hydrogens (tertiary/aromatic N) is 4. The Morgan fingerprint density at radius 2 is 1.80 bits per heavy atom. The molecule has 0 saturated carbocycles. The van der Waals surface area contributed by atoms with E-state index in [0.717, 1.165) is 22.5 Å². The third kappa shape index (κ3) is 2.53. The van der Waals surface area contributed by atoms with Crippen LogP contribution in [0.25, 0.3) is 22.8 Å². The number of pyridine rings is 2. The van der Waals surface area contributed by atoms with E-state index in [1.165, 1.54) is 0 Å². The molecular weight excluding hydrogens is 276 g/mol. The molecule has 0 radical (unpaired) electrons. The van der Waals surface area contributed by atoms with Crippen LogP contribution in [0.15, 0.2) is 35.0 Å². The predicted octanol–water partition coefficient (Wildman–Crippen LogP) is 3.46. The summed E-state index contributed by atoms with van der Waals surface area (Å²) in [5.41, 5.74) is 3.32. The van der Waals surface area contributed by atoms with Crippen LogP contribution in [0.2, 0.25) is 5.15 Å². The molecule has 3 rings (SSSR count). The minimum atomic E-state index is 0.402. The van der Waals surface area contributed by atoms with Gasteiger partial charge in [-0.2, -0.15) is 4.98 Å². The van der Waals surface area contributed by atoms with Crippen molar-refractivity contribution in [2.75, 3.05) is 0 Å². The largest absolute Gasteiger partial charge is 0.334 e. The highest BCUT2D eigenvalue weighted by Gasteiger charge is 2.12. The summed E-state index contributed by atoms with van der Waals surface area (Å²) in [5.74, 6) is 0.943. The van der Waals surface area contributed by atoms with Crippen molar-refractivity contribution in [3.05, 3.63) is 47.0 Å². The fourth-order valence-electron chi connectivity index (χ4n) is 1.89. The quantitative estimate of drug-likeness (QED) is 0.675. The van der Waals surface area contributed by atoms with Gasteiger partial charge in [0, 0.05) is 28.7 Å². The Kier molecular flexibility index (Phi) is 3.20. The van der Waals surface area contributed by atoms with Crippen LogP contribution in [0.5, 0.6) is 0 Å². The topological polar surface area (TPSA) is 64.7 Å². The first-order valence-corrected chi connectivity index (χ1v) is 6.41. The molecule has 3 heterocycles. The van der Waals surface area contributed by atoms with Crippen molar-refractivity contribution < 1.29 is 4.52 Å². The number of hydrogen-bond donors (Lipinski definition) is 0. The molecule has 0 N–H and O–H groups in total. The van der Waals surface area contributed by atoms with Crippen molar-refractivity contribution in [2.24, 2.45) is 0 Å². The van der Waals surface area contributed by atoms with Gasteiger partial charge in [0.2, 0.25) is 5.82 Å². The lowest BCUT2D eigenvalue weighted by Crippen LogP contribution is -1.86. The smallest absolute Gasteiger partial charge is 0.258 e. The molecule has 3 aromatic heterocycles. The molecule has 0 aliphatic carbocycles. The average Bonchev–Trinajstić information content (AvgIpc) is 2.87. The maximum absolute atomic E-state index is 5.94. The summed E-state index contributed by atoms with van der Waals surface area (Å²) in [5, 5.41) is 4.39. The van der Waals surface area contributed by atoms with Crippen molar-refractivity contribution in [3.8, 4) is 22.8 Å². The Labute approximate surface area is 120 Å². The van der Waals surface area contributed by atoms with E-state index in [0.29, 0.717) is 16.9 Å². The molecular formula is C14H11ClN4O. The van der Waals surface area contributed by atoms with Gasteiger partial charge in [-0.1, -0.05) is 16.8 Å². The molecule has 5 nitrogen and oxygen atoms in total. The zero-order valence-corrected chi connectivity index (χ0v) is 11.7. The van der Waals surface area contributed by atoms with E-state index in [1.54, 1.807) is 12.3 Å². The molecule has 20 heavy (non-hydrogen) atoms. The molecule has 0 spiro atoms. The van der Waals surface area contributed by atoms with Crippen LogP contribution in [0.3, 0.4) is 0 Å². The molecule has 100 valence electrons. The summed E-state index contributed by atoms with van der Waals surface area (Å²) in [7, 11) is 0. The van der Waals surface area contributed by atoms with Crippen molar-refractivity contribution in [1.29, 1.82) is 0 Å². The van der Waals surface area contributed by atoms with Crippen LogP contribution >= 0.6 is 11.6 Å². The van der Waals surface area contributed by atoms with E-state index in [2.05, 4.69) is 20.1 Å². The molecule has 0 amide bonds. The molecule has 0 aliphatic heterocycles. The number of aryl methyl sites for hydroxylation is 2. The lowest BCUT2D eigenvalue weighted by atomic mass is 10.2. The second kappa shape index (κ2) is 5.02. The number of aromatic nitrogens is 4. The van der Waals surface area contributed by atoms with Gasteiger partial charge < -0.3 is 4.52 Å². The monoisotopic (exact) mass is 286 g/mol. The van der Waals surface area contributed by atoms with Gasteiger partial charge in [-0.25, -0.2) is 4.98 Å². The zero-order chi connectivity index (χ0) is 14.1. The fourth-order valence-corrected chi connectivity index (χ4v) is 2.15. The highest BCUT2D eigenvalue weighted by molar-refractivity contribution is 6.29. The van der Waals surface area contributed by atoms with E-state index in [4.69, 9.17) is 16.1 Å². The minimum absolute atomic E-state index is 0.402. The van der Waals surface area contributed by atoms with E-state index < -0.39 is 0 Å². The minimum Gasteiger partial charge on any atom is -0.334 e. The number of hydrogen-bond acceptors (Lipinski definition) is 5. The summed E-state index contributed by atoms with van der Waals surface area (Å²) in [6.07, 6.45) is 1.72. The molecule has 6 heteroatoms. The normalized spacial score (nSPS) is 10.8. The molecule has 3 aromatic rings. The van der Waals surface area contributed by atoms with E-state index >= 15 is 0 Å². The molecule has 0 saturated heterocycles. The Balaban J connectivity index is 2.02. The highest BCUT2D eigenvalue weighted by atomic mass is 35.5. The van der Waals surface area contributed by atoms with Gasteiger partial charge in [0.15, 0.2) is 0 Å². The van der Waals surface area contributed by atoms with E-state index in [-0.39, 0.29) is 0 Å². The van der Waals surface area contributed by atoms with Gasteiger partial charge in [-0.3, -0.25) is 4.98 Å². The number of halogens is 1. The van der Waals surface area contributed by atoms with Crippen LogP contribution in [-0.4, -0.2) is 20.1 Å². The summed E-state index contributed by atoms with van der Waals surface area (Å²) in [6.45, 7) is 3.77. The van der Waals surface area contributed by atoms with Crippen molar-refractivity contribution in [3.63, 3.8) is 0 Å². The average molecular weight is 287 g/mol. The predicted molar refractivity (Wildman–Crippen MR) is 75.2 cm³/mol. The Bertz CT molecular complexity index is 749. The lowest BCUT2D eigenvalue weighted by molar-refractivity contribution is 0.432. The molecule has 0 aromatic carbocycles.